The van der Waals surface area contributed by atoms with Crippen molar-refractivity contribution in [2.45, 2.75) is 20.4 Å². The highest BCUT2D eigenvalue weighted by Crippen LogP contribution is 2.25. The number of carbonyl (C=O) groups is 1. The van der Waals surface area contributed by atoms with Gasteiger partial charge >= 0.3 is 5.97 Å². The average Bonchev–Trinajstić information content (AvgIpc) is 2.85. The van der Waals surface area contributed by atoms with Gasteiger partial charge in [0.1, 0.15) is 4.83 Å². The van der Waals surface area contributed by atoms with E-state index in [2.05, 4.69) is 4.98 Å². The van der Waals surface area contributed by atoms with E-state index in [-0.39, 0.29) is 5.56 Å². The number of aryl methyl sites for hydroxylation is 2. The molecule has 6 heteroatoms. The lowest BCUT2D eigenvalue weighted by atomic mass is 10.1. The van der Waals surface area contributed by atoms with Crippen LogP contribution in [0.5, 0.6) is 0 Å². The summed E-state index contributed by atoms with van der Waals surface area (Å²) in [5.41, 5.74) is 2.25. The van der Waals surface area contributed by atoms with Crippen LogP contribution < -0.4 is 5.56 Å². The molecule has 0 aliphatic carbocycles. The fraction of sp³-hybridized carbons (Fsp3) is 0.235. The molecule has 0 atom stereocenters. The monoisotopic (exact) mass is 328 g/mol. The first-order valence-corrected chi connectivity index (χ1v) is 7.95. The van der Waals surface area contributed by atoms with Crippen LogP contribution in [-0.2, 0) is 11.3 Å². The van der Waals surface area contributed by atoms with Crippen LogP contribution in [0.3, 0.4) is 0 Å². The molecule has 23 heavy (non-hydrogen) atoms. The van der Waals surface area contributed by atoms with E-state index in [1.54, 1.807) is 29.1 Å². The van der Waals surface area contributed by atoms with Crippen molar-refractivity contribution in [2.24, 2.45) is 0 Å². The van der Waals surface area contributed by atoms with E-state index in [0.29, 0.717) is 17.5 Å². The molecule has 0 N–H and O–H groups in total. The predicted molar refractivity (Wildman–Crippen MR) is 90.2 cm³/mol. The number of thiophene rings is 1. The van der Waals surface area contributed by atoms with Crippen LogP contribution in [0.2, 0.25) is 0 Å². The van der Waals surface area contributed by atoms with Crippen molar-refractivity contribution in [1.29, 1.82) is 0 Å². The topological polar surface area (TPSA) is 61.2 Å². The second kappa shape index (κ2) is 5.96. The molecule has 3 aromatic rings. The number of rotatable bonds is 3. The van der Waals surface area contributed by atoms with Crippen molar-refractivity contribution >= 4 is 27.5 Å². The fourth-order valence-electron chi connectivity index (χ4n) is 2.49. The molecule has 0 radical (unpaired) electrons. The van der Waals surface area contributed by atoms with Gasteiger partial charge in [0.05, 0.1) is 30.9 Å². The van der Waals surface area contributed by atoms with Gasteiger partial charge in [-0.2, -0.15) is 0 Å². The summed E-state index contributed by atoms with van der Waals surface area (Å²) in [4.78, 5) is 30.5. The summed E-state index contributed by atoms with van der Waals surface area (Å²) >= 11 is 1.53. The molecule has 118 valence electrons. The number of carbonyl (C=O) groups excluding carboxylic acids is 1. The molecule has 0 bridgehead atoms. The van der Waals surface area contributed by atoms with Gasteiger partial charge in [0, 0.05) is 4.88 Å². The molecular weight excluding hydrogens is 312 g/mol. The number of methoxy groups -OCH3 is 1. The SMILES string of the molecule is COC(=O)c1cccc(Cn2cnc3sc(C)c(C)c3c2=O)c1. The summed E-state index contributed by atoms with van der Waals surface area (Å²) in [5, 5.41) is 0.680. The standard InChI is InChI=1S/C17H16N2O3S/c1-10-11(2)23-15-14(10)16(20)19(9-18-15)8-12-5-4-6-13(7-12)17(21)22-3/h4-7,9H,8H2,1-3H3. The fourth-order valence-corrected chi connectivity index (χ4v) is 3.48. The van der Waals surface area contributed by atoms with Crippen LogP contribution in [0.1, 0.15) is 26.4 Å². The Morgan fingerprint density at radius 1 is 1.35 bits per heavy atom. The Bertz CT molecular complexity index is 956. The Kier molecular flexibility index (Phi) is 4.00. The first-order chi connectivity index (χ1) is 11.0. The number of hydrogen-bond acceptors (Lipinski definition) is 5. The molecule has 0 unspecified atom stereocenters. The minimum atomic E-state index is -0.392. The molecular formula is C17H16N2O3S. The number of benzene rings is 1. The van der Waals surface area contributed by atoms with E-state index in [9.17, 15) is 9.59 Å². The van der Waals surface area contributed by atoms with Gasteiger partial charge in [0.15, 0.2) is 0 Å². The van der Waals surface area contributed by atoms with Crippen molar-refractivity contribution in [1.82, 2.24) is 9.55 Å². The van der Waals surface area contributed by atoms with Gasteiger partial charge < -0.3 is 4.74 Å². The van der Waals surface area contributed by atoms with E-state index >= 15 is 0 Å². The Hall–Kier alpha value is -2.47. The van der Waals surface area contributed by atoms with E-state index in [1.165, 1.54) is 18.4 Å². The van der Waals surface area contributed by atoms with Crippen LogP contribution >= 0.6 is 11.3 Å². The van der Waals surface area contributed by atoms with Crippen molar-refractivity contribution in [3.63, 3.8) is 0 Å². The number of fused-ring (bicyclic) bond motifs is 1. The lowest BCUT2D eigenvalue weighted by Gasteiger charge is -2.07. The summed E-state index contributed by atoms with van der Waals surface area (Å²) in [6.07, 6.45) is 1.56. The molecule has 0 saturated heterocycles. The first kappa shape index (κ1) is 15.4. The van der Waals surface area contributed by atoms with Gasteiger partial charge in [-0.25, -0.2) is 9.78 Å². The van der Waals surface area contributed by atoms with Crippen LogP contribution in [0.4, 0.5) is 0 Å². The van der Waals surface area contributed by atoms with Crippen LogP contribution in [0, 0.1) is 13.8 Å². The smallest absolute Gasteiger partial charge is 0.337 e. The van der Waals surface area contributed by atoms with E-state index in [0.717, 1.165) is 20.8 Å². The zero-order valence-corrected chi connectivity index (χ0v) is 13.9. The summed E-state index contributed by atoms with van der Waals surface area (Å²) in [7, 11) is 1.35. The minimum Gasteiger partial charge on any atom is -0.465 e. The van der Waals surface area contributed by atoms with Crippen molar-refractivity contribution < 1.29 is 9.53 Å². The maximum absolute atomic E-state index is 12.7. The summed E-state index contributed by atoms with van der Waals surface area (Å²) in [5.74, 6) is -0.392. The molecule has 0 spiro atoms. The lowest BCUT2D eigenvalue weighted by molar-refractivity contribution is 0.0600. The molecule has 0 fully saturated rings. The average molecular weight is 328 g/mol. The highest BCUT2D eigenvalue weighted by molar-refractivity contribution is 7.18. The van der Waals surface area contributed by atoms with Gasteiger partial charge in [0.25, 0.3) is 5.56 Å². The molecule has 1 aromatic carbocycles. The third kappa shape index (κ3) is 2.77. The summed E-state index contributed by atoms with van der Waals surface area (Å²) < 4.78 is 6.29. The first-order valence-electron chi connectivity index (χ1n) is 7.13. The lowest BCUT2D eigenvalue weighted by Crippen LogP contribution is -2.21. The van der Waals surface area contributed by atoms with Gasteiger partial charge in [-0.1, -0.05) is 12.1 Å². The number of hydrogen-bond donors (Lipinski definition) is 0. The van der Waals surface area contributed by atoms with E-state index < -0.39 is 5.97 Å². The van der Waals surface area contributed by atoms with Crippen LogP contribution in [-0.4, -0.2) is 22.6 Å². The zero-order chi connectivity index (χ0) is 16.6. The van der Waals surface area contributed by atoms with Crippen molar-refractivity contribution in [2.75, 3.05) is 7.11 Å². The third-order valence-electron chi connectivity index (χ3n) is 3.86. The Labute approximate surface area is 137 Å². The molecule has 2 aromatic heterocycles. The van der Waals surface area contributed by atoms with E-state index in [4.69, 9.17) is 4.74 Å². The molecule has 2 heterocycles. The van der Waals surface area contributed by atoms with Crippen LogP contribution in [0.25, 0.3) is 10.2 Å². The highest BCUT2D eigenvalue weighted by atomic mass is 32.1. The van der Waals surface area contributed by atoms with Crippen LogP contribution in [0.15, 0.2) is 35.4 Å². The molecule has 5 nitrogen and oxygen atoms in total. The van der Waals surface area contributed by atoms with Gasteiger partial charge in [-0.05, 0) is 37.1 Å². The minimum absolute atomic E-state index is 0.0553. The molecule has 0 amide bonds. The molecule has 0 aliphatic rings. The molecule has 0 saturated carbocycles. The largest absolute Gasteiger partial charge is 0.465 e. The van der Waals surface area contributed by atoms with Crippen molar-refractivity contribution in [3.05, 3.63) is 62.5 Å². The van der Waals surface area contributed by atoms with E-state index in [1.807, 2.05) is 19.9 Å². The summed E-state index contributed by atoms with van der Waals surface area (Å²) in [6, 6.07) is 7.06. The third-order valence-corrected chi connectivity index (χ3v) is 4.97. The Balaban J connectivity index is 2.02. The summed E-state index contributed by atoms with van der Waals surface area (Å²) in [6.45, 7) is 4.30. The number of ether oxygens (including phenoxy) is 1. The highest BCUT2D eigenvalue weighted by Gasteiger charge is 2.13. The zero-order valence-electron chi connectivity index (χ0n) is 13.1. The Morgan fingerprint density at radius 2 is 2.13 bits per heavy atom. The van der Waals surface area contributed by atoms with Gasteiger partial charge in [0.2, 0.25) is 0 Å². The van der Waals surface area contributed by atoms with Gasteiger partial charge in [-0.3, -0.25) is 9.36 Å². The molecule has 3 rings (SSSR count). The maximum Gasteiger partial charge on any atom is 0.337 e. The molecule has 0 aliphatic heterocycles. The quantitative estimate of drug-likeness (QED) is 0.694. The predicted octanol–water partition coefficient (Wildman–Crippen LogP) is 2.91. The second-order valence-electron chi connectivity index (χ2n) is 5.33. The maximum atomic E-state index is 12.7. The van der Waals surface area contributed by atoms with Crippen molar-refractivity contribution in [3.8, 4) is 0 Å². The number of esters is 1. The second-order valence-corrected chi connectivity index (χ2v) is 6.54. The Morgan fingerprint density at radius 3 is 2.87 bits per heavy atom. The van der Waals surface area contributed by atoms with Gasteiger partial charge in [-0.15, -0.1) is 11.3 Å². The number of nitrogens with zero attached hydrogens (tertiary/aromatic N) is 2. The number of aromatic nitrogens is 2. The normalized spacial score (nSPS) is 10.9.